The summed E-state index contributed by atoms with van der Waals surface area (Å²) < 4.78 is 0. The van der Waals surface area contributed by atoms with Gasteiger partial charge in [0.1, 0.15) is 0 Å². The molecule has 1 heterocycles. The summed E-state index contributed by atoms with van der Waals surface area (Å²) in [4.78, 5) is 10.8. The van der Waals surface area contributed by atoms with Gasteiger partial charge in [-0.1, -0.05) is 11.2 Å². The lowest BCUT2D eigenvalue weighted by Crippen LogP contribution is -2.12. The summed E-state index contributed by atoms with van der Waals surface area (Å²) in [6.45, 7) is 0. The molecule has 0 aliphatic carbocycles. The van der Waals surface area contributed by atoms with Gasteiger partial charge in [0, 0.05) is 0 Å². The summed E-state index contributed by atoms with van der Waals surface area (Å²) in [5.74, 6) is -1.23. The number of nitrogens with zero attached hydrogens (tertiary/aromatic N) is 1. The number of carbonyl (C=O) groups is 1. The van der Waals surface area contributed by atoms with Gasteiger partial charge in [-0.05, 0) is 11.4 Å². The fourth-order valence-electron chi connectivity index (χ4n) is 0.611. The number of hydrogen-bond donors (Lipinski definition) is 2. The lowest BCUT2D eigenvalue weighted by Gasteiger charge is -1.91. The molecule has 0 saturated heterocycles. The van der Waals surface area contributed by atoms with E-state index < -0.39 is 5.97 Å². The summed E-state index contributed by atoms with van der Waals surface area (Å²) in [5, 5.41) is 21.1. The Morgan fingerprint density at radius 1 is 1.64 bits per heavy atom. The predicted molar refractivity (Wildman–Crippen MR) is 40.3 cm³/mol. The summed E-state index contributed by atoms with van der Waals surface area (Å²) in [6, 6.07) is 3.27. The number of thiophene rings is 1. The third-order valence-electron chi connectivity index (χ3n) is 1.06. The number of aliphatic carboxylic acids is 1. The Morgan fingerprint density at radius 3 is 2.73 bits per heavy atom. The molecular weight excluding hydrogens is 166 g/mol. The SMILES string of the molecule is O=C(O)/C(=N/O)c1cccs1. The van der Waals surface area contributed by atoms with Gasteiger partial charge in [0.25, 0.3) is 0 Å². The van der Waals surface area contributed by atoms with E-state index >= 15 is 0 Å². The Morgan fingerprint density at radius 2 is 2.36 bits per heavy atom. The van der Waals surface area contributed by atoms with E-state index in [0.29, 0.717) is 4.88 Å². The average Bonchev–Trinajstić information content (AvgIpc) is 2.40. The Hall–Kier alpha value is -1.36. The first-order chi connectivity index (χ1) is 5.25. The molecule has 4 nitrogen and oxygen atoms in total. The number of rotatable bonds is 2. The van der Waals surface area contributed by atoms with Crippen LogP contribution in [0.1, 0.15) is 4.88 Å². The monoisotopic (exact) mass is 171 g/mol. The van der Waals surface area contributed by atoms with E-state index in [9.17, 15) is 4.79 Å². The predicted octanol–water partition coefficient (Wildman–Crippen LogP) is 1.01. The van der Waals surface area contributed by atoms with E-state index in [1.807, 2.05) is 0 Å². The molecule has 0 saturated carbocycles. The minimum Gasteiger partial charge on any atom is -0.476 e. The molecule has 58 valence electrons. The van der Waals surface area contributed by atoms with Crippen molar-refractivity contribution in [1.29, 1.82) is 0 Å². The van der Waals surface area contributed by atoms with Crippen LogP contribution in [-0.4, -0.2) is 22.0 Å². The summed E-state index contributed by atoms with van der Waals surface area (Å²) in [5.41, 5.74) is -0.319. The van der Waals surface area contributed by atoms with Crippen LogP contribution in [0.3, 0.4) is 0 Å². The van der Waals surface area contributed by atoms with Crippen molar-refractivity contribution in [1.82, 2.24) is 0 Å². The molecule has 11 heavy (non-hydrogen) atoms. The van der Waals surface area contributed by atoms with Gasteiger partial charge in [0.05, 0.1) is 4.88 Å². The van der Waals surface area contributed by atoms with E-state index in [2.05, 4.69) is 5.16 Å². The van der Waals surface area contributed by atoms with Crippen LogP contribution in [0.15, 0.2) is 22.7 Å². The van der Waals surface area contributed by atoms with Gasteiger partial charge in [-0.15, -0.1) is 11.3 Å². The van der Waals surface area contributed by atoms with Gasteiger partial charge in [-0.2, -0.15) is 0 Å². The molecule has 5 heteroatoms. The molecule has 1 aromatic rings. The molecule has 0 amide bonds. The first-order valence-corrected chi connectivity index (χ1v) is 3.63. The zero-order valence-corrected chi connectivity index (χ0v) is 6.21. The Labute approximate surface area is 66.4 Å². The van der Waals surface area contributed by atoms with E-state index in [4.69, 9.17) is 10.3 Å². The van der Waals surface area contributed by atoms with Crippen LogP contribution in [0.4, 0.5) is 0 Å². The van der Waals surface area contributed by atoms with Gasteiger partial charge >= 0.3 is 5.97 Å². The van der Waals surface area contributed by atoms with Crippen LogP contribution in [0, 0.1) is 0 Å². The molecule has 0 spiro atoms. The van der Waals surface area contributed by atoms with E-state index in [1.54, 1.807) is 17.5 Å². The van der Waals surface area contributed by atoms with Gasteiger partial charge in [0.15, 0.2) is 0 Å². The highest BCUT2D eigenvalue weighted by atomic mass is 32.1. The zero-order chi connectivity index (χ0) is 8.27. The van der Waals surface area contributed by atoms with Gasteiger partial charge in [0.2, 0.25) is 5.71 Å². The summed E-state index contributed by atoms with van der Waals surface area (Å²) in [7, 11) is 0. The van der Waals surface area contributed by atoms with E-state index in [0.717, 1.165) is 0 Å². The Kier molecular flexibility index (Phi) is 2.22. The topological polar surface area (TPSA) is 69.9 Å². The van der Waals surface area contributed by atoms with Crippen molar-refractivity contribution in [2.24, 2.45) is 5.16 Å². The quantitative estimate of drug-likeness (QED) is 0.396. The van der Waals surface area contributed by atoms with Crippen molar-refractivity contribution >= 4 is 23.0 Å². The minimum atomic E-state index is -1.23. The highest BCUT2D eigenvalue weighted by Crippen LogP contribution is 2.09. The third-order valence-corrected chi connectivity index (χ3v) is 1.93. The maximum absolute atomic E-state index is 10.3. The molecule has 0 unspecified atom stereocenters. The Bertz CT molecular complexity index is 278. The Balaban J connectivity index is 2.99. The van der Waals surface area contributed by atoms with Crippen LogP contribution in [-0.2, 0) is 4.79 Å². The van der Waals surface area contributed by atoms with Crippen molar-refractivity contribution in [3.05, 3.63) is 22.4 Å². The highest BCUT2D eigenvalue weighted by molar-refractivity contribution is 7.13. The standard InChI is InChI=1S/C6H5NO3S/c8-6(9)5(7-10)4-2-1-3-11-4/h1-3,10H,(H,8,9)/b7-5+. The van der Waals surface area contributed by atoms with Crippen molar-refractivity contribution in [3.8, 4) is 0 Å². The second kappa shape index (κ2) is 3.16. The van der Waals surface area contributed by atoms with Crippen LogP contribution < -0.4 is 0 Å². The summed E-state index contributed by atoms with van der Waals surface area (Å²) >= 11 is 1.21. The second-order valence-electron chi connectivity index (χ2n) is 1.73. The number of hydrogen-bond acceptors (Lipinski definition) is 4. The molecule has 0 bridgehead atoms. The van der Waals surface area contributed by atoms with Gasteiger partial charge < -0.3 is 10.3 Å². The molecule has 0 aliphatic rings. The second-order valence-corrected chi connectivity index (χ2v) is 2.68. The largest absolute Gasteiger partial charge is 0.476 e. The van der Waals surface area contributed by atoms with E-state index in [-0.39, 0.29) is 5.71 Å². The molecule has 1 aromatic heterocycles. The van der Waals surface area contributed by atoms with Crippen LogP contribution in [0.5, 0.6) is 0 Å². The fraction of sp³-hybridized carbons (Fsp3) is 0. The molecular formula is C6H5NO3S. The third kappa shape index (κ3) is 1.56. The van der Waals surface area contributed by atoms with Crippen LogP contribution in [0.2, 0.25) is 0 Å². The first-order valence-electron chi connectivity index (χ1n) is 2.75. The minimum absolute atomic E-state index is 0.319. The molecule has 0 fully saturated rings. The zero-order valence-electron chi connectivity index (χ0n) is 5.39. The van der Waals surface area contributed by atoms with Crippen molar-refractivity contribution in [2.45, 2.75) is 0 Å². The average molecular weight is 171 g/mol. The lowest BCUT2D eigenvalue weighted by atomic mass is 10.3. The maximum atomic E-state index is 10.3. The van der Waals surface area contributed by atoms with Crippen LogP contribution >= 0.6 is 11.3 Å². The molecule has 0 aliphatic heterocycles. The highest BCUT2D eigenvalue weighted by Gasteiger charge is 2.13. The number of carboxylic acids is 1. The van der Waals surface area contributed by atoms with Crippen molar-refractivity contribution < 1.29 is 15.1 Å². The maximum Gasteiger partial charge on any atom is 0.359 e. The number of carboxylic acid groups (broad SMARTS) is 1. The van der Waals surface area contributed by atoms with Crippen molar-refractivity contribution in [2.75, 3.05) is 0 Å². The first kappa shape index (κ1) is 7.74. The van der Waals surface area contributed by atoms with Crippen LogP contribution in [0.25, 0.3) is 0 Å². The van der Waals surface area contributed by atoms with Gasteiger partial charge in [-0.25, -0.2) is 4.79 Å². The van der Waals surface area contributed by atoms with E-state index in [1.165, 1.54) is 11.3 Å². The molecule has 0 radical (unpaired) electrons. The normalized spacial score (nSPS) is 11.5. The number of oxime groups is 1. The fourth-order valence-corrected chi connectivity index (χ4v) is 1.31. The molecule has 0 aromatic carbocycles. The smallest absolute Gasteiger partial charge is 0.359 e. The lowest BCUT2D eigenvalue weighted by molar-refractivity contribution is -0.129. The summed E-state index contributed by atoms with van der Waals surface area (Å²) in [6.07, 6.45) is 0. The molecule has 2 N–H and O–H groups in total. The van der Waals surface area contributed by atoms with Crippen molar-refractivity contribution in [3.63, 3.8) is 0 Å². The molecule has 0 atom stereocenters. The molecule has 1 rings (SSSR count). The van der Waals surface area contributed by atoms with Gasteiger partial charge in [-0.3, -0.25) is 0 Å².